The molecular weight excluding hydrogens is 247 g/mol. The molecule has 6 heteroatoms. The van der Waals surface area contributed by atoms with Gasteiger partial charge in [-0.05, 0) is 6.42 Å². The lowest BCUT2D eigenvalue weighted by Gasteiger charge is -2.04. The quantitative estimate of drug-likeness (QED) is 0.396. The van der Waals surface area contributed by atoms with Crippen molar-refractivity contribution in [2.24, 2.45) is 0 Å². The average molecular weight is 266 g/mol. The fourth-order valence-electron chi connectivity index (χ4n) is 1.00. The molecule has 0 rings (SSSR count). The molecule has 0 fully saturated rings. The molecule has 0 radical (unpaired) electrons. The lowest BCUT2D eigenvalue weighted by molar-refractivity contribution is -0.136. The van der Waals surface area contributed by atoms with E-state index in [0.717, 1.165) is 25.7 Å². The predicted molar refractivity (Wildman–Crippen MR) is 67.7 cm³/mol. The molecule has 0 saturated carbocycles. The van der Waals surface area contributed by atoms with Gasteiger partial charge < -0.3 is 9.05 Å². The summed E-state index contributed by atoms with van der Waals surface area (Å²) in [5.41, 5.74) is 0. The van der Waals surface area contributed by atoms with Crippen LogP contribution < -0.4 is 0 Å². The SMILES string of the molecule is CCCCCCC(=O)OPOC(=O)CCS. The van der Waals surface area contributed by atoms with E-state index in [9.17, 15) is 9.59 Å². The van der Waals surface area contributed by atoms with Gasteiger partial charge in [0.2, 0.25) is 0 Å². The first kappa shape index (κ1) is 15.7. The fourth-order valence-corrected chi connectivity index (χ4v) is 1.62. The van der Waals surface area contributed by atoms with Gasteiger partial charge in [0.25, 0.3) is 9.03 Å². The van der Waals surface area contributed by atoms with Crippen LogP contribution in [0.4, 0.5) is 0 Å². The highest BCUT2D eigenvalue weighted by Gasteiger charge is 2.05. The van der Waals surface area contributed by atoms with Crippen LogP contribution in [0.1, 0.15) is 45.4 Å². The molecule has 0 N–H and O–H groups in total. The summed E-state index contributed by atoms with van der Waals surface area (Å²) >= 11 is 3.88. The molecule has 94 valence electrons. The molecule has 1 unspecified atom stereocenters. The van der Waals surface area contributed by atoms with Crippen molar-refractivity contribution >= 4 is 33.6 Å². The van der Waals surface area contributed by atoms with Crippen molar-refractivity contribution in [3.63, 3.8) is 0 Å². The zero-order valence-electron chi connectivity index (χ0n) is 9.53. The van der Waals surface area contributed by atoms with Gasteiger partial charge in [0.15, 0.2) is 0 Å². The Morgan fingerprint density at radius 2 is 1.69 bits per heavy atom. The zero-order valence-corrected chi connectivity index (χ0v) is 11.4. The van der Waals surface area contributed by atoms with E-state index in [2.05, 4.69) is 24.1 Å². The van der Waals surface area contributed by atoms with Gasteiger partial charge in [0, 0.05) is 12.2 Å². The molecule has 1 atom stereocenters. The minimum absolute atomic E-state index is 0.240. The Morgan fingerprint density at radius 3 is 2.25 bits per heavy atom. The van der Waals surface area contributed by atoms with Crippen molar-refractivity contribution in [2.75, 3.05) is 5.75 Å². The van der Waals surface area contributed by atoms with Crippen molar-refractivity contribution in [1.29, 1.82) is 0 Å². The van der Waals surface area contributed by atoms with Crippen LogP contribution in [0.15, 0.2) is 0 Å². The lowest BCUT2D eigenvalue weighted by Crippen LogP contribution is -2.02. The maximum atomic E-state index is 11.1. The van der Waals surface area contributed by atoms with Gasteiger partial charge in [-0.2, -0.15) is 12.6 Å². The summed E-state index contributed by atoms with van der Waals surface area (Å²) < 4.78 is 9.44. The van der Waals surface area contributed by atoms with E-state index in [-0.39, 0.29) is 18.4 Å². The Balaban J connectivity index is 3.33. The molecule has 0 heterocycles. The van der Waals surface area contributed by atoms with Crippen LogP contribution in [0.3, 0.4) is 0 Å². The summed E-state index contributed by atoms with van der Waals surface area (Å²) in [6.07, 6.45) is 4.78. The van der Waals surface area contributed by atoms with Crippen molar-refractivity contribution in [3.8, 4) is 0 Å². The Bertz CT molecular complexity index is 211. The zero-order chi connectivity index (χ0) is 12.2. The first-order chi connectivity index (χ1) is 7.70. The largest absolute Gasteiger partial charge is 0.409 e. The molecule has 0 aromatic heterocycles. The summed E-state index contributed by atoms with van der Waals surface area (Å²) in [6.45, 7) is 2.11. The van der Waals surface area contributed by atoms with Gasteiger partial charge in [-0.25, -0.2) is 0 Å². The maximum Gasteiger partial charge on any atom is 0.311 e. The van der Waals surface area contributed by atoms with E-state index in [1.165, 1.54) is 0 Å². The van der Waals surface area contributed by atoms with Crippen LogP contribution >= 0.6 is 21.7 Å². The highest BCUT2D eigenvalue weighted by Crippen LogP contribution is 2.17. The molecule has 4 nitrogen and oxygen atoms in total. The second kappa shape index (κ2) is 11.2. The third kappa shape index (κ3) is 10.2. The Hall–Kier alpha value is -0.280. The van der Waals surface area contributed by atoms with Crippen molar-refractivity contribution in [2.45, 2.75) is 45.4 Å². The second-order valence-corrected chi connectivity index (χ2v) is 4.34. The maximum absolute atomic E-state index is 11.1. The molecule has 0 spiro atoms. The molecule has 16 heavy (non-hydrogen) atoms. The number of hydrogen-bond donors (Lipinski definition) is 1. The number of thiol groups is 1. The standard InChI is InChI=1S/C10H19O4PS/c1-2-3-4-5-6-9(11)13-15-14-10(12)7-8-16/h15-16H,2-8H2,1H3. The van der Waals surface area contributed by atoms with Crippen LogP contribution in [-0.2, 0) is 18.6 Å². The molecule has 0 amide bonds. The number of carbonyl (C=O) groups excluding carboxylic acids is 2. The molecule has 0 aromatic rings. The summed E-state index contributed by atoms with van der Waals surface area (Å²) in [4.78, 5) is 22.0. The fraction of sp³-hybridized carbons (Fsp3) is 0.800. The van der Waals surface area contributed by atoms with E-state index >= 15 is 0 Å². The first-order valence-corrected chi connectivity index (χ1v) is 6.90. The minimum atomic E-state index is -0.518. The normalized spacial score (nSPS) is 10.6. The van der Waals surface area contributed by atoms with Crippen LogP contribution in [0.25, 0.3) is 0 Å². The number of carbonyl (C=O) groups is 2. The van der Waals surface area contributed by atoms with Gasteiger partial charge >= 0.3 is 11.9 Å². The molecule has 0 bridgehead atoms. The van der Waals surface area contributed by atoms with E-state index in [0.29, 0.717) is 12.2 Å². The highest BCUT2D eigenvalue weighted by atomic mass is 32.1. The summed E-state index contributed by atoms with van der Waals surface area (Å²) in [7, 11) is -0.518. The molecule has 0 aliphatic rings. The second-order valence-electron chi connectivity index (χ2n) is 3.32. The molecule has 0 saturated heterocycles. The van der Waals surface area contributed by atoms with E-state index < -0.39 is 9.03 Å². The molecule has 0 aromatic carbocycles. The highest BCUT2D eigenvalue weighted by molar-refractivity contribution is 7.80. The third-order valence-electron chi connectivity index (χ3n) is 1.86. The number of rotatable bonds is 9. The van der Waals surface area contributed by atoms with Crippen LogP contribution in [0, 0.1) is 0 Å². The van der Waals surface area contributed by atoms with Gasteiger partial charge in [0.05, 0.1) is 6.42 Å². The van der Waals surface area contributed by atoms with Crippen molar-refractivity contribution in [3.05, 3.63) is 0 Å². The Kier molecular flexibility index (Phi) is 11.0. The number of unbranched alkanes of at least 4 members (excludes halogenated alkanes) is 3. The molecular formula is C10H19O4PS. The lowest BCUT2D eigenvalue weighted by atomic mass is 10.2. The predicted octanol–water partition coefficient (Wildman–Crippen LogP) is 2.87. The smallest absolute Gasteiger partial charge is 0.311 e. The third-order valence-corrected chi connectivity index (χ3v) is 2.71. The van der Waals surface area contributed by atoms with Gasteiger partial charge in [0.1, 0.15) is 0 Å². The van der Waals surface area contributed by atoms with Crippen LogP contribution in [0.2, 0.25) is 0 Å². The van der Waals surface area contributed by atoms with E-state index in [4.69, 9.17) is 4.52 Å². The number of hydrogen-bond acceptors (Lipinski definition) is 5. The summed E-state index contributed by atoms with van der Waals surface area (Å²) in [6, 6.07) is 0. The van der Waals surface area contributed by atoms with Gasteiger partial charge in [-0.3, -0.25) is 9.59 Å². The Labute approximate surface area is 104 Å². The van der Waals surface area contributed by atoms with E-state index in [1.54, 1.807) is 0 Å². The van der Waals surface area contributed by atoms with E-state index in [1.807, 2.05) is 0 Å². The summed E-state index contributed by atoms with van der Waals surface area (Å²) in [5, 5.41) is 0. The van der Waals surface area contributed by atoms with Gasteiger partial charge in [-0.1, -0.05) is 26.2 Å². The monoisotopic (exact) mass is 266 g/mol. The van der Waals surface area contributed by atoms with Crippen LogP contribution in [-0.4, -0.2) is 17.7 Å². The molecule has 0 aliphatic carbocycles. The summed E-state index contributed by atoms with van der Waals surface area (Å²) in [5.74, 6) is -0.242. The first-order valence-electron chi connectivity index (χ1n) is 5.46. The van der Waals surface area contributed by atoms with Crippen LogP contribution in [0.5, 0.6) is 0 Å². The van der Waals surface area contributed by atoms with Gasteiger partial charge in [-0.15, -0.1) is 0 Å². The minimum Gasteiger partial charge on any atom is -0.409 e. The Morgan fingerprint density at radius 1 is 1.06 bits per heavy atom. The average Bonchev–Trinajstić information content (AvgIpc) is 2.25. The molecule has 0 aliphatic heterocycles. The van der Waals surface area contributed by atoms with Crippen molar-refractivity contribution in [1.82, 2.24) is 0 Å². The van der Waals surface area contributed by atoms with Crippen molar-refractivity contribution < 1.29 is 18.6 Å². The topological polar surface area (TPSA) is 52.6 Å².